The van der Waals surface area contributed by atoms with Crippen LogP contribution in [0.2, 0.25) is 0 Å². The summed E-state index contributed by atoms with van der Waals surface area (Å²) in [6.07, 6.45) is 3.54. The van der Waals surface area contributed by atoms with E-state index < -0.39 is 11.5 Å². The Hall–Kier alpha value is -3.33. The number of carboxylic acids is 1. The number of carboxylic acid groups (broad SMARTS) is 1. The zero-order valence-corrected chi connectivity index (χ0v) is 16.2. The van der Waals surface area contributed by atoms with Gasteiger partial charge in [-0.3, -0.25) is 4.79 Å². The molecule has 0 atom stereocenters. The van der Waals surface area contributed by atoms with Crippen molar-refractivity contribution in [3.8, 4) is 17.8 Å². The SMILES string of the molecule is C#[N+]CCCCc1cc2cc(-c3[nH]c(=O)c(C(=O)O)cc3CC)ccc2n1C. The standard InChI is InChI=1S/C22H23N3O3/c1-4-14-13-18(22(27)28)21(26)24-20(14)15-8-9-19-16(11-15)12-17(25(19)3)7-5-6-10-23-2/h2,8-9,11-13H,4-7,10H2,1,3H3,(H-,24,26,27,28)/p+1. The Morgan fingerprint density at radius 3 is 2.71 bits per heavy atom. The lowest BCUT2D eigenvalue weighted by Crippen LogP contribution is -2.19. The number of aromatic amines is 1. The summed E-state index contributed by atoms with van der Waals surface area (Å²) in [7, 11) is 2.05. The van der Waals surface area contributed by atoms with Crippen molar-refractivity contribution in [2.24, 2.45) is 7.05 Å². The minimum absolute atomic E-state index is 0.229. The van der Waals surface area contributed by atoms with Crippen molar-refractivity contribution in [2.75, 3.05) is 6.54 Å². The first kappa shape index (κ1) is 19.4. The van der Waals surface area contributed by atoms with Gasteiger partial charge in [0.1, 0.15) is 5.56 Å². The van der Waals surface area contributed by atoms with Gasteiger partial charge in [-0.2, -0.15) is 0 Å². The predicted molar refractivity (Wildman–Crippen MR) is 111 cm³/mol. The number of hydrogen-bond donors (Lipinski definition) is 2. The molecule has 0 fully saturated rings. The molecule has 3 rings (SSSR count). The Kier molecular flexibility index (Phi) is 5.65. The summed E-state index contributed by atoms with van der Waals surface area (Å²) in [6.45, 7) is 7.81. The summed E-state index contributed by atoms with van der Waals surface area (Å²) in [4.78, 5) is 29.8. The highest BCUT2D eigenvalue weighted by molar-refractivity contribution is 5.89. The van der Waals surface area contributed by atoms with Crippen LogP contribution in [0, 0.1) is 6.57 Å². The van der Waals surface area contributed by atoms with Crippen LogP contribution in [0.3, 0.4) is 0 Å². The number of aromatic carboxylic acids is 1. The number of unbranched alkanes of at least 4 members (excludes halogenated alkanes) is 1. The fraction of sp³-hybridized carbons (Fsp3) is 0.318. The number of nitrogens with zero attached hydrogens (tertiary/aromatic N) is 2. The maximum Gasteiger partial charge on any atom is 0.341 e. The number of aryl methyl sites for hydroxylation is 3. The molecule has 3 aromatic rings. The fourth-order valence-corrected chi connectivity index (χ4v) is 3.58. The topological polar surface area (TPSA) is 79.4 Å². The molecule has 6 heteroatoms. The van der Waals surface area contributed by atoms with Gasteiger partial charge in [0.2, 0.25) is 0 Å². The van der Waals surface area contributed by atoms with Crippen molar-refractivity contribution in [3.63, 3.8) is 0 Å². The van der Waals surface area contributed by atoms with Crippen LogP contribution in [-0.2, 0) is 19.9 Å². The minimum Gasteiger partial charge on any atom is -0.477 e. The van der Waals surface area contributed by atoms with Crippen molar-refractivity contribution < 1.29 is 9.90 Å². The van der Waals surface area contributed by atoms with Gasteiger partial charge in [-0.15, -0.1) is 0 Å². The molecule has 0 aliphatic rings. The average molecular weight is 378 g/mol. The average Bonchev–Trinajstić information content (AvgIpc) is 3.00. The minimum atomic E-state index is -1.21. The molecule has 0 aliphatic carbocycles. The Bertz CT molecular complexity index is 1130. The predicted octanol–water partition coefficient (Wildman–Crippen LogP) is 4.08. The number of fused-ring (bicyclic) bond motifs is 1. The fourth-order valence-electron chi connectivity index (χ4n) is 3.58. The van der Waals surface area contributed by atoms with Gasteiger partial charge >= 0.3 is 5.97 Å². The summed E-state index contributed by atoms with van der Waals surface area (Å²) in [5, 5.41) is 10.3. The van der Waals surface area contributed by atoms with Crippen LogP contribution in [0.5, 0.6) is 0 Å². The maximum atomic E-state index is 12.2. The molecule has 2 aromatic heterocycles. The van der Waals surface area contributed by atoms with E-state index >= 15 is 0 Å². The largest absolute Gasteiger partial charge is 0.477 e. The Morgan fingerprint density at radius 1 is 1.25 bits per heavy atom. The summed E-state index contributed by atoms with van der Waals surface area (Å²) < 4.78 is 2.18. The van der Waals surface area contributed by atoms with Crippen molar-refractivity contribution >= 4 is 16.9 Å². The molecule has 0 saturated carbocycles. The molecule has 1 aromatic carbocycles. The van der Waals surface area contributed by atoms with Gasteiger partial charge < -0.3 is 14.7 Å². The van der Waals surface area contributed by atoms with Gasteiger partial charge in [0.05, 0.1) is 5.69 Å². The van der Waals surface area contributed by atoms with Crippen molar-refractivity contribution in [1.82, 2.24) is 9.55 Å². The maximum absolute atomic E-state index is 12.2. The molecule has 144 valence electrons. The highest BCUT2D eigenvalue weighted by Gasteiger charge is 2.15. The quantitative estimate of drug-likeness (QED) is 0.608. The van der Waals surface area contributed by atoms with E-state index in [0.29, 0.717) is 18.7 Å². The van der Waals surface area contributed by atoms with Gasteiger partial charge in [-0.1, -0.05) is 17.8 Å². The number of H-pyrrole nitrogens is 1. The first-order chi connectivity index (χ1) is 13.5. The third kappa shape index (κ3) is 3.70. The number of benzene rings is 1. The van der Waals surface area contributed by atoms with Crippen LogP contribution in [0.4, 0.5) is 0 Å². The number of hydrogen-bond acceptors (Lipinski definition) is 2. The normalized spacial score (nSPS) is 10.9. The summed E-state index contributed by atoms with van der Waals surface area (Å²) >= 11 is 0. The van der Waals surface area contributed by atoms with Crippen LogP contribution < -0.4 is 5.56 Å². The molecule has 0 amide bonds. The van der Waals surface area contributed by atoms with Gasteiger partial charge in [0.25, 0.3) is 18.7 Å². The molecule has 2 N–H and O–H groups in total. The Labute approximate surface area is 163 Å². The molecule has 0 unspecified atom stereocenters. The zero-order valence-electron chi connectivity index (χ0n) is 16.2. The van der Waals surface area contributed by atoms with Crippen LogP contribution >= 0.6 is 0 Å². The van der Waals surface area contributed by atoms with Crippen LogP contribution in [-0.4, -0.2) is 27.2 Å². The molecular formula is C22H24N3O3+. The molecule has 2 heterocycles. The van der Waals surface area contributed by atoms with Gasteiger partial charge in [0.15, 0.2) is 0 Å². The summed E-state index contributed by atoms with van der Waals surface area (Å²) in [5.74, 6) is -1.21. The Morgan fingerprint density at radius 2 is 2.04 bits per heavy atom. The van der Waals surface area contributed by atoms with Gasteiger partial charge in [-0.25, -0.2) is 4.79 Å². The molecular weight excluding hydrogens is 354 g/mol. The number of aromatic nitrogens is 2. The zero-order chi connectivity index (χ0) is 20.3. The van der Waals surface area contributed by atoms with Crippen LogP contribution in [0.25, 0.3) is 27.0 Å². The third-order valence-electron chi connectivity index (χ3n) is 5.13. The molecule has 6 nitrogen and oxygen atoms in total. The summed E-state index contributed by atoms with van der Waals surface area (Å²) in [6, 6.07) is 9.67. The van der Waals surface area contributed by atoms with E-state index in [2.05, 4.69) is 20.5 Å². The lowest BCUT2D eigenvalue weighted by Gasteiger charge is -2.10. The van der Waals surface area contributed by atoms with Crippen LogP contribution in [0.15, 0.2) is 35.1 Å². The van der Waals surface area contributed by atoms with E-state index in [-0.39, 0.29) is 5.56 Å². The van der Waals surface area contributed by atoms with Crippen molar-refractivity contribution in [3.05, 3.63) is 62.4 Å². The molecule has 0 radical (unpaired) electrons. The van der Waals surface area contributed by atoms with Crippen LogP contribution in [0.1, 0.15) is 41.4 Å². The van der Waals surface area contributed by atoms with Crippen molar-refractivity contribution in [2.45, 2.75) is 32.6 Å². The smallest absolute Gasteiger partial charge is 0.341 e. The molecule has 0 aliphatic heterocycles. The number of rotatable bonds is 7. The molecule has 0 spiro atoms. The van der Waals surface area contributed by atoms with Gasteiger partial charge in [-0.05, 0) is 54.7 Å². The van der Waals surface area contributed by atoms with E-state index in [9.17, 15) is 14.7 Å². The van der Waals surface area contributed by atoms with E-state index in [0.717, 1.165) is 41.3 Å². The third-order valence-corrected chi connectivity index (χ3v) is 5.13. The highest BCUT2D eigenvalue weighted by atomic mass is 16.4. The van der Waals surface area contributed by atoms with E-state index in [1.54, 1.807) is 0 Å². The number of carbonyl (C=O) groups is 1. The molecule has 0 bridgehead atoms. The molecule has 0 saturated heterocycles. The van der Waals surface area contributed by atoms with E-state index in [1.807, 2.05) is 32.2 Å². The monoisotopic (exact) mass is 378 g/mol. The number of nitrogens with one attached hydrogen (secondary N) is 1. The lowest BCUT2D eigenvalue weighted by molar-refractivity contribution is 0.0695. The number of pyridine rings is 1. The lowest BCUT2D eigenvalue weighted by atomic mass is 10.0. The second-order valence-electron chi connectivity index (χ2n) is 6.90. The first-order valence-electron chi connectivity index (χ1n) is 9.41. The summed E-state index contributed by atoms with van der Waals surface area (Å²) in [5.41, 5.74) is 3.89. The van der Waals surface area contributed by atoms with E-state index in [1.165, 1.54) is 11.8 Å². The second kappa shape index (κ2) is 8.13. The second-order valence-corrected chi connectivity index (χ2v) is 6.90. The van der Waals surface area contributed by atoms with Crippen molar-refractivity contribution in [1.29, 1.82) is 0 Å². The Balaban J connectivity index is 2.01. The first-order valence-corrected chi connectivity index (χ1v) is 9.41. The molecule has 28 heavy (non-hydrogen) atoms. The highest BCUT2D eigenvalue weighted by Crippen LogP contribution is 2.28. The van der Waals surface area contributed by atoms with E-state index in [4.69, 9.17) is 6.57 Å². The van der Waals surface area contributed by atoms with Gasteiger partial charge in [0, 0.05) is 30.1 Å².